The Kier molecular flexibility index (Phi) is 4.43. The molecule has 1 aromatic heterocycles. The zero-order valence-corrected chi connectivity index (χ0v) is 17.0. The average molecular weight is 413 g/mol. The van der Waals surface area contributed by atoms with Crippen molar-refractivity contribution in [3.8, 4) is 17.2 Å². The largest absolute Gasteiger partial charge is 0.454 e. The first-order valence-corrected chi connectivity index (χ1v) is 9.82. The summed E-state index contributed by atoms with van der Waals surface area (Å²) in [5.41, 5.74) is 3.19. The van der Waals surface area contributed by atoms with E-state index in [9.17, 15) is 9.59 Å². The molecular weight excluding hydrogens is 394 g/mol. The second-order valence-corrected chi connectivity index (χ2v) is 7.34. The van der Waals surface area contributed by atoms with Crippen LogP contribution in [0.1, 0.15) is 21.7 Å². The lowest BCUT2D eigenvalue weighted by atomic mass is 10.1. The van der Waals surface area contributed by atoms with Crippen LogP contribution in [0.3, 0.4) is 0 Å². The summed E-state index contributed by atoms with van der Waals surface area (Å²) < 4.78 is 12.2. The number of aromatic nitrogens is 2. The first-order valence-electron chi connectivity index (χ1n) is 9.82. The van der Waals surface area contributed by atoms with Crippen LogP contribution >= 0.6 is 0 Å². The molecule has 31 heavy (non-hydrogen) atoms. The summed E-state index contributed by atoms with van der Waals surface area (Å²) in [6, 6.07) is 17.8. The molecule has 5 rings (SSSR count). The van der Waals surface area contributed by atoms with Crippen LogP contribution in [0.5, 0.6) is 11.5 Å². The van der Waals surface area contributed by atoms with Gasteiger partial charge in [0.15, 0.2) is 11.5 Å². The SMILES string of the molecule is Cc1cc(-n2c(C)nc3ccccc3c2=O)ccc1NC(=O)c1ccc2c(c1)OCO2. The van der Waals surface area contributed by atoms with E-state index < -0.39 is 0 Å². The molecule has 0 spiro atoms. The number of carbonyl (C=O) groups excluding carboxylic acids is 1. The highest BCUT2D eigenvalue weighted by Crippen LogP contribution is 2.32. The maximum atomic E-state index is 13.0. The molecule has 7 heteroatoms. The minimum atomic E-state index is -0.255. The van der Waals surface area contributed by atoms with E-state index in [1.807, 2.05) is 31.2 Å². The molecule has 0 radical (unpaired) electrons. The molecule has 0 fully saturated rings. The van der Waals surface area contributed by atoms with Crippen molar-refractivity contribution in [1.29, 1.82) is 0 Å². The highest BCUT2D eigenvalue weighted by Gasteiger charge is 2.17. The van der Waals surface area contributed by atoms with Gasteiger partial charge in [0.25, 0.3) is 11.5 Å². The van der Waals surface area contributed by atoms with Crippen LogP contribution in [0.4, 0.5) is 5.69 Å². The molecular formula is C24H19N3O4. The molecule has 0 saturated carbocycles. The van der Waals surface area contributed by atoms with Gasteiger partial charge in [-0.25, -0.2) is 4.98 Å². The number of fused-ring (bicyclic) bond motifs is 2. The number of benzene rings is 3. The Morgan fingerprint density at radius 1 is 1.00 bits per heavy atom. The van der Waals surface area contributed by atoms with E-state index in [-0.39, 0.29) is 18.3 Å². The third kappa shape index (κ3) is 3.30. The van der Waals surface area contributed by atoms with Gasteiger partial charge < -0.3 is 14.8 Å². The van der Waals surface area contributed by atoms with Gasteiger partial charge in [0.05, 0.1) is 16.6 Å². The van der Waals surface area contributed by atoms with Crippen LogP contribution in [-0.2, 0) is 0 Å². The molecule has 1 amide bonds. The van der Waals surface area contributed by atoms with Gasteiger partial charge >= 0.3 is 0 Å². The number of aryl methyl sites for hydroxylation is 2. The number of carbonyl (C=O) groups is 1. The van der Waals surface area contributed by atoms with Crippen molar-refractivity contribution < 1.29 is 14.3 Å². The molecule has 0 aliphatic carbocycles. The molecule has 1 aliphatic heterocycles. The van der Waals surface area contributed by atoms with Gasteiger partial charge in [-0.1, -0.05) is 12.1 Å². The standard InChI is InChI=1S/C24H19N3O4/c1-14-11-17(27-15(2)25-20-6-4-3-5-18(20)24(27)29)8-9-19(14)26-23(28)16-7-10-21-22(12-16)31-13-30-21/h3-12H,13H2,1-2H3,(H,26,28). The molecule has 154 valence electrons. The number of amides is 1. The number of rotatable bonds is 3. The summed E-state index contributed by atoms with van der Waals surface area (Å²) in [6.07, 6.45) is 0. The molecule has 7 nitrogen and oxygen atoms in total. The van der Waals surface area contributed by atoms with E-state index in [1.54, 1.807) is 47.9 Å². The van der Waals surface area contributed by atoms with Crippen LogP contribution in [0.2, 0.25) is 0 Å². The van der Waals surface area contributed by atoms with Crippen molar-refractivity contribution in [2.45, 2.75) is 13.8 Å². The maximum Gasteiger partial charge on any atom is 0.265 e. The molecule has 0 bridgehead atoms. The third-order valence-electron chi connectivity index (χ3n) is 5.29. The number of ether oxygens (including phenoxy) is 2. The van der Waals surface area contributed by atoms with Crippen molar-refractivity contribution >= 4 is 22.5 Å². The highest BCUT2D eigenvalue weighted by molar-refractivity contribution is 6.05. The van der Waals surface area contributed by atoms with Gasteiger partial charge in [-0.2, -0.15) is 0 Å². The predicted molar refractivity (Wildman–Crippen MR) is 117 cm³/mol. The van der Waals surface area contributed by atoms with Crippen LogP contribution in [0, 0.1) is 13.8 Å². The van der Waals surface area contributed by atoms with Gasteiger partial charge in [-0.15, -0.1) is 0 Å². The fourth-order valence-corrected chi connectivity index (χ4v) is 3.71. The Morgan fingerprint density at radius 3 is 2.65 bits per heavy atom. The number of hydrogen-bond donors (Lipinski definition) is 1. The quantitative estimate of drug-likeness (QED) is 0.549. The Labute approximate surface area is 177 Å². The second kappa shape index (κ2) is 7.28. The van der Waals surface area contributed by atoms with Gasteiger partial charge in [0.1, 0.15) is 5.82 Å². The number of hydrogen-bond acceptors (Lipinski definition) is 5. The molecule has 3 aromatic carbocycles. The van der Waals surface area contributed by atoms with Gasteiger partial charge in [-0.05, 0) is 67.9 Å². The lowest BCUT2D eigenvalue weighted by molar-refractivity contribution is 0.102. The first kappa shape index (κ1) is 18.9. The summed E-state index contributed by atoms with van der Waals surface area (Å²) in [5, 5.41) is 3.48. The summed E-state index contributed by atoms with van der Waals surface area (Å²) in [4.78, 5) is 30.3. The Bertz CT molecular complexity index is 1410. The lowest BCUT2D eigenvalue weighted by Crippen LogP contribution is -2.22. The number of para-hydroxylation sites is 1. The maximum absolute atomic E-state index is 13.0. The Morgan fingerprint density at radius 2 is 1.81 bits per heavy atom. The lowest BCUT2D eigenvalue weighted by Gasteiger charge is -2.14. The average Bonchev–Trinajstić information content (AvgIpc) is 3.23. The normalized spacial score (nSPS) is 12.2. The van der Waals surface area contributed by atoms with Crippen molar-refractivity contribution in [3.05, 3.63) is 88.0 Å². The minimum absolute atomic E-state index is 0.125. The monoisotopic (exact) mass is 413 g/mol. The molecule has 2 heterocycles. The number of nitrogens with one attached hydrogen (secondary N) is 1. The van der Waals surface area contributed by atoms with E-state index >= 15 is 0 Å². The van der Waals surface area contributed by atoms with E-state index in [4.69, 9.17) is 9.47 Å². The molecule has 0 saturated heterocycles. The molecule has 4 aromatic rings. The van der Waals surface area contributed by atoms with Crippen molar-refractivity contribution in [2.75, 3.05) is 12.1 Å². The smallest absolute Gasteiger partial charge is 0.265 e. The van der Waals surface area contributed by atoms with E-state index in [2.05, 4.69) is 10.3 Å². The van der Waals surface area contributed by atoms with Crippen LogP contribution < -0.4 is 20.3 Å². The van der Waals surface area contributed by atoms with Crippen LogP contribution in [0.15, 0.2) is 65.5 Å². The highest BCUT2D eigenvalue weighted by atomic mass is 16.7. The third-order valence-corrected chi connectivity index (χ3v) is 5.29. The van der Waals surface area contributed by atoms with E-state index in [0.717, 1.165) is 5.56 Å². The molecule has 0 unspecified atom stereocenters. The zero-order valence-electron chi connectivity index (χ0n) is 17.0. The second-order valence-electron chi connectivity index (χ2n) is 7.34. The fourth-order valence-electron chi connectivity index (χ4n) is 3.71. The van der Waals surface area contributed by atoms with Gasteiger partial charge in [0, 0.05) is 11.3 Å². The van der Waals surface area contributed by atoms with Crippen molar-refractivity contribution in [3.63, 3.8) is 0 Å². The van der Waals surface area contributed by atoms with E-state index in [0.29, 0.717) is 45.2 Å². The molecule has 1 aliphatic rings. The van der Waals surface area contributed by atoms with E-state index in [1.165, 1.54) is 0 Å². The predicted octanol–water partition coefficient (Wildman–Crippen LogP) is 3.98. The van der Waals surface area contributed by atoms with Crippen LogP contribution in [0.25, 0.3) is 16.6 Å². The van der Waals surface area contributed by atoms with Crippen molar-refractivity contribution in [1.82, 2.24) is 9.55 Å². The Balaban J connectivity index is 1.46. The number of anilines is 1. The topological polar surface area (TPSA) is 82.5 Å². The first-order chi connectivity index (χ1) is 15.0. The summed E-state index contributed by atoms with van der Waals surface area (Å²) in [6.45, 7) is 3.84. The van der Waals surface area contributed by atoms with Gasteiger partial charge in [-0.3, -0.25) is 14.2 Å². The minimum Gasteiger partial charge on any atom is -0.454 e. The Hall–Kier alpha value is -4.13. The zero-order chi connectivity index (χ0) is 21.5. The fraction of sp³-hybridized carbons (Fsp3) is 0.125. The van der Waals surface area contributed by atoms with Gasteiger partial charge in [0.2, 0.25) is 6.79 Å². The summed E-state index contributed by atoms with van der Waals surface area (Å²) in [5.74, 6) is 1.52. The molecule has 1 N–H and O–H groups in total. The molecule has 0 atom stereocenters. The van der Waals surface area contributed by atoms with Crippen LogP contribution in [-0.4, -0.2) is 22.3 Å². The van der Waals surface area contributed by atoms with Crippen molar-refractivity contribution in [2.24, 2.45) is 0 Å². The number of nitrogens with zero attached hydrogens (tertiary/aromatic N) is 2. The summed E-state index contributed by atoms with van der Waals surface area (Å²) in [7, 11) is 0. The summed E-state index contributed by atoms with van der Waals surface area (Å²) >= 11 is 0.